The Balaban J connectivity index is 2.20. The smallest absolute Gasteiger partial charge is 0.149 e. The summed E-state index contributed by atoms with van der Waals surface area (Å²) in [7, 11) is 1.64. The van der Waals surface area contributed by atoms with E-state index < -0.39 is 11.6 Å². The van der Waals surface area contributed by atoms with Crippen molar-refractivity contribution < 1.29 is 13.5 Å². The summed E-state index contributed by atoms with van der Waals surface area (Å²) in [5.74, 6) is -1.02. The molecule has 2 rings (SSSR count). The van der Waals surface area contributed by atoms with Crippen LogP contribution in [0.1, 0.15) is 31.7 Å². The minimum atomic E-state index is -0.509. The fourth-order valence-electron chi connectivity index (χ4n) is 2.82. The maximum atomic E-state index is 14.3. The number of rotatable bonds is 5. The molecule has 0 aliphatic carbocycles. The molecule has 1 heterocycles. The van der Waals surface area contributed by atoms with E-state index in [0.717, 1.165) is 19.3 Å². The van der Waals surface area contributed by atoms with Crippen LogP contribution in [-0.4, -0.2) is 32.3 Å². The third-order valence-corrected chi connectivity index (χ3v) is 4.13. The second kappa shape index (κ2) is 7.18. The molecule has 5 heteroatoms. The van der Waals surface area contributed by atoms with Crippen LogP contribution in [0.5, 0.6) is 0 Å². The van der Waals surface area contributed by atoms with Gasteiger partial charge in [0.25, 0.3) is 0 Å². The van der Waals surface area contributed by atoms with Crippen molar-refractivity contribution in [2.24, 2.45) is 5.73 Å². The number of hydrogen-bond acceptors (Lipinski definition) is 3. The number of hydrogen-bond donors (Lipinski definition) is 1. The predicted molar refractivity (Wildman–Crippen MR) is 80.6 cm³/mol. The van der Waals surface area contributed by atoms with Crippen molar-refractivity contribution in [1.82, 2.24) is 0 Å². The lowest BCUT2D eigenvalue weighted by atomic mass is 10.0. The maximum absolute atomic E-state index is 14.3. The minimum Gasteiger partial charge on any atom is -0.380 e. The van der Waals surface area contributed by atoms with Crippen LogP contribution in [0.4, 0.5) is 14.5 Å². The third-order valence-electron chi connectivity index (χ3n) is 4.13. The monoisotopic (exact) mass is 298 g/mol. The van der Waals surface area contributed by atoms with E-state index in [4.69, 9.17) is 10.5 Å². The molecule has 2 atom stereocenters. The molecular weight excluding hydrogens is 274 g/mol. The van der Waals surface area contributed by atoms with E-state index in [0.29, 0.717) is 25.1 Å². The molecule has 1 aromatic carbocycles. The Hall–Kier alpha value is -1.20. The topological polar surface area (TPSA) is 38.5 Å². The van der Waals surface area contributed by atoms with Crippen LogP contribution in [0.3, 0.4) is 0 Å². The van der Waals surface area contributed by atoms with Gasteiger partial charge < -0.3 is 15.4 Å². The quantitative estimate of drug-likeness (QED) is 0.908. The first kappa shape index (κ1) is 16.2. The van der Waals surface area contributed by atoms with Gasteiger partial charge >= 0.3 is 0 Å². The van der Waals surface area contributed by atoms with Crippen molar-refractivity contribution in [3.05, 3.63) is 29.3 Å². The van der Waals surface area contributed by atoms with Crippen LogP contribution in [0.2, 0.25) is 0 Å². The summed E-state index contributed by atoms with van der Waals surface area (Å²) in [6.45, 7) is 3.14. The first-order valence-corrected chi connectivity index (χ1v) is 7.56. The van der Waals surface area contributed by atoms with Gasteiger partial charge in [0.05, 0.1) is 6.10 Å². The number of methoxy groups -OCH3 is 1. The van der Waals surface area contributed by atoms with E-state index in [1.54, 1.807) is 12.0 Å². The summed E-state index contributed by atoms with van der Waals surface area (Å²) < 4.78 is 33.9. The van der Waals surface area contributed by atoms with Gasteiger partial charge in [-0.3, -0.25) is 0 Å². The van der Waals surface area contributed by atoms with Crippen molar-refractivity contribution in [2.75, 3.05) is 25.1 Å². The van der Waals surface area contributed by atoms with E-state index >= 15 is 0 Å². The average molecular weight is 298 g/mol. The Morgan fingerprint density at radius 1 is 1.38 bits per heavy atom. The Kier molecular flexibility index (Phi) is 5.53. The molecule has 0 aromatic heterocycles. The van der Waals surface area contributed by atoms with Crippen molar-refractivity contribution in [3.63, 3.8) is 0 Å². The number of benzene rings is 1. The molecule has 1 fully saturated rings. The minimum absolute atomic E-state index is 0.0331. The highest BCUT2D eigenvalue weighted by Gasteiger charge is 2.25. The Morgan fingerprint density at radius 2 is 2.05 bits per heavy atom. The van der Waals surface area contributed by atoms with Gasteiger partial charge in [-0.05, 0) is 43.4 Å². The van der Waals surface area contributed by atoms with Crippen molar-refractivity contribution in [3.8, 4) is 0 Å². The van der Waals surface area contributed by atoms with E-state index in [1.165, 1.54) is 12.1 Å². The first-order valence-electron chi connectivity index (χ1n) is 7.56. The Morgan fingerprint density at radius 3 is 2.62 bits per heavy atom. The van der Waals surface area contributed by atoms with E-state index in [2.05, 4.69) is 0 Å². The molecule has 1 aliphatic rings. The standard InChI is InChI=1S/C16H24F2N2O/c1-3-12(19)7-11-8-14(17)16(15(18)9-11)20-6-4-5-13(10-20)21-2/h8-9,12-13H,3-7,10,19H2,1-2H3. The number of ether oxygens (including phenoxy) is 1. The summed E-state index contributed by atoms with van der Waals surface area (Å²) in [5.41, 5.74) is 6.53. The largest absolute Gasteiger partial charge is 0.380 e. The molecule has 2 N–H and O–H groups in total. The number of halogens is 2. The maximum Gasteiger partial charge on any atom is 0.149 e. The van der Waals surface area contributed by atoms with Crippen molar-refractivity contribution >= 4 is 5.69 Å². The lowest BCUT2D eigenvalue weighted by Crippen LogP contribution is -2.40. The third kappa shape index (κ3) is 3.92. The summed E-state index contributed by atoms with van der Waals surface area (Å²) >= 11 is 0. The highest BCUT2D eigenvalue weighted by molar-refractivity contribution is 5.51. The molecular formula is C16H24F2N2O. The first-order chi connectivity index (χ1) is 10.0. The highest BCUT2D eigenvalue weighted by atomic mass is 19.1. The van der Waals surface area contributed by atoms with Crippen LogP contribution in [-0.2, 0) is 11.2 Å². The SMILES string of the molecule is CCC(N)Cc1cc(F)c(N2CCCC(OC)C2)c(F)c1. The predicted octanol–water partition coefficient (Wildman–Crippen LogP) is 2.86. The molecule has 0 amide bonds. The van der Waals surface area contributed by atoms with Crippen LogP contribution >= 0.6 is 0 Å². The lowest BCUT2D eigenvalue weighted by molar-refractivity contribution is 0.0890. The normalized spacial score (nSPS) is 20.6. The molecule has 21 heavy (non-hydrogen) atoms. The van der Waals surface area contributed by atoms with Gasteiger partial charge in [0.1, 0.15) is 17.3 Å². The fourth-order valence-corrected chi connectivity index (χ4v) is 2.82. The summed E-state index contributed by atoms with van der Waals surface area (Å²) in [4.78, 5) is 1.74. The van der Waals surface area contributed by atoms with E-state index in [-0.39, 0.29) is 17.8 Å². The molecule has 0 radical (unpaired) electrons. The van der Waals surface area contributed by atoms with Gasteiger partial charge in [0, 0.05) is 26.2 Å². The molecule has 118 valence electrons. The number of nitrogens with two attached hydrogens (primary N) is 1. The van der Waals surface area contributed by atoms with E-state index in [1.807, 2.05) is 6.92 Å². The highest BCUT2D eigenvalue weighted by Crippen LogP contribution is 2.28. The summed E-state index contributed by atoms with van der Waals surface area (Å²) in [6.07, 6.45) is 3.11. The molecule has 1 saturated heterocycles. The van der Waals surface area contributed by atoms with Gasteiger partial charge in [-0.2, -0.15) is 0 Å². The zero-order valence-corrected chi connectivity index (χ0v) is 12.7. The van der Waals surface area contributed by atoms with Crippen molar-refractivity contribution in [2.45, 2.75) is 44.8 Å². The summed E-state index contributed by atoms with van der Waals surface area (Å²) in [6, 6.07) is 2.75. The molecule has 2 unspecified atom stereocenters. The van der Waals surface area contributed by atoms with Gasteiger partial charge in [0.2, 0.25) is 0 Å². The zero-order chi connectivity index (χ0) is 15.4. The second-order valence-electron chi connectivity index (χ2n) is 5.73. The molecule has 0 saturated carbocycles. The van der Waals surface area contributed by atoms with Gasteiger partial charge in [-0.25, -0.2) is 8.78 Å². The van der Waals surface area contributed by atoms with E-state index in [9.17, 15) is 8.78 Å². The van der Waals surface area contributed by atoms with Crippen LogP contribution in [0, 0.1) is 11.6 Å². The fraction of sp³-hybridized carbons (Fsp3) is 0.625. The van der Waals surface area contributed by atoms with Crippen LogP contribution < -0.4 is 10.6 Å². The average Bonchev–Trinajstić information content (AvgIpc) is 2.46. The molecule has 0 bridgehead atoms. The van der Waals surface area contributed by atoms with Gasteiger partial charge in [-0.1, -0.05) is 6.92 Å². The van der Waals surface area contributed by atoms with Gasteiger partial charge in [0.15, 0.2) is 0 Å². The second-order valence-corrected chi connectivity index (χ2v) is 5.73. The Labute approximate surface area is 125 Å². The van der Waals surface area contributed by atoms with Gasteiger partial charge in [-0.15, -0.1) is 0 Å². The Bertz CT molecular complexity index is 458. The van der Waals surface area contributed by atoms with Crippen LogP contribution in [0.15, 0.2) is 12.1 Å². The number of piperidine rings is 1. The lowest BCUT2D eigenvalue weighted by Gasteiger charge is -2.34. The molecule has 1 aromatic rings. The number of anilines is 1. The number of nitrogens with zero attached hydrogens (tertiary/aromatic N) is 1. The molecule has 3 nitrogen and oxygen atoms in total. The van der Waals surface area contributed by atoms with Crippen LogP contribution in [0.25, 0.3) is 0 Å². The summed E-state index contributed by atoms with van der Waals surface area (Å²) in [5, 5.41) is 0. The molecule has 0 spiro atoms. The van der Waals surface area contributed by atoms with Crippen molar-refractivity contribution in [1.29, 1.82) is 0 Å². The molecule has 1 aliphatic heterocycles. The zero-order valence-electron chi connectivity index (χ0n) is 12.7.